The van der Waals surface area contributed by atoms with Crippen molar-refractivity contribution in [3.63, 3.8) is 0 Å². The zero-order chi connectivity index (χ0) is 12.1. The summed E-state index contributed by atoms with van der Waals surface area (Å²) in [6.07, 6.45) is 1.14. The summed E-state index contributed by atoms with van der Waals surface area (Å²) in [5, 5.41) is 3.38. The van der Waals surface area contributed by atoms with E-state index in [2.05, 4.69) is 35.3 Å². The van der Waals surface area contributed by atoms with E-state index >= 15 is 0 Å². The van der Waals surface area contributed by atoms with Gasteiger partial charge in [0.05, 0.1) is 7.11 Å². The standard InChI is InChI=1S/C14H22N2O/c1-3-15-8-10-16-9-7-12-5-4-6-14(17-2)13(12)11-16/h4-6,15H,3,7-11H2,1-2H3. The van der Waals surface area contributed by atoms with Crippen LogP contribution in [0.1, 0.15) is 18.1 Å². The van der Waals surface area contributed by atoms with E-state index in [-0.39, 0.29) is 0 Å². The van der Waals surface area contributed by atoms with Crippen LogP contribution in [-0.2, 0) is 13.0 Å². The smallest absolute Gasteiger partial charge is 0.123 e. The topological polar surface area (TPSA) is 24.5 Å². The van der Waals surface area contributed by atoms with E-state index in [4.69, 9.17) is 4.74 Å². The Bertz CT molecular complexity index is 351. The first-order valence-corrected chi connectivity index (χ1v) is 6.43. The second-order valence-corrected chi connectivity index (χ2v) is 4.48. The van der Waals surface area contributed by atoms with Gasteiger partial charge in [0.1, 0.15) is 5.75 Å². The van der Waals surface area contributed by atoms with Gasteiger partial charge in [-0.3, -0.25) is 4.90 Å². The number of nitrogens with zero attached hydrogens (tertiary/aromatic N) is 1. The molecule has 2 rings (SSSR count). The number of benzene rings is 1. The highest BCUT2D eigenvalue weighted by molar-refractivity contribution is 5.41. The van der Waals surface area contributed by atoms with Gasteiger partial charge in [-0.25, -0.2) is 0 Å². The molecule has 1 N–H and O–H groups in total. The molecule has 0 bridgehead atoms. The van der Waals surface area contributed by atoms with Crippen molar-refractivity contribution in [2.45, 2.75) is 19.9 Å². The summed E-state index contributed by atoms with van der Waals surface area (Å²) in [4.78, 5) is 2.49. The molecule has 0 fully saturated rings. The van der Waals surface area contributed by atoms with Gasteiger partial charge in [0.2, 0.25) is 0 Å². The van der Waals surface area contributed by atoms with Crippen LogP contribution in [-0.4, -0.2) is 38.2 Å². The van der Waals surface area contributed by atoms with Crippen molar-refractivity contribution < 1.29 is 4.74 Å². The molecule has 0 unspecified atom stereocenters. The van der Waals surface area contributed by atoms with Crippen LogP contribution >= 0.6 is 0 Å². The molecule has 1 aliphatic heterocycles. The lowest BCUT2D eigenvalue weighted by atomic mass is 9.99. The highest BCUT2D eigenvalue weighted by atomic mass is 16.5. The minimum atomic E-state index is 1.02. The molecule has 1 aromatic carbocycles. The Labute approximate surface area is 104 Å². The molecule has 94 valence electrons. The van der Waals surface area contributed by atoms with Gasteiger partial charge in [-0.15, -0.1) is 0 Å². The number of hydrogen-bond donors (Lipinski definition) is 1. The molecular weight excluding hydrogens is 212 g/mol. The summed E-state index contributed by atoms with van der Waals surface area (Å²) in [7, 11) is 1.76. The van der Waals surface area contributed by atoms with Gasteiger partial charge < -0.3 is 10.1 Å². The quantitative estimate of drug-likeness (QED) is 0.784. The van der Waals surface area contributed by atoms with Crippen molar-refractivity contribution in [2.24, 2.45) is 0 Å². The van der Waals surface area contributed by atoms with E-state index < -0.39 is 0 Å². The number of rotatable bonds is 5. The Hall–Kier alpha value is -1.06. The molecule has 0 saturated heterocycles. The fourth-order valence-electron chi connectivity index (χ4n) is 2.40. The van der Waals surface area contributed by atoms with Crippen LogP contribution in [0.3, 0.4) is 0 Å². The zero-order valence-corrected chi connectivity index (χ0v) is 10.8. The number of hydrogen-bond acceptors (Lipinski definition) is 3. The summed E-state index contributed by atoms with van der Waals surface area (Å²) >= 11 is 0. The molecule has 3 nitrogen and oxygen atoms in total. The normalized spacial score (nSPS) is 15.6. The van der Waals surface area contributed by atoms with Crippen molar-refractivity contribution in [2.75, 3.05) is 33.3 Å². The monoisotopic (exact) mass is 234 g/mol. The second-order valence-electron chi connectivity index (χ2n) is 4.48. The van der Waals surface area contributed by atoms with E-state index in [1.807, 2.05) is 0 Å². The number of methoxy groups -OCH3 is 1. The summed E-state index contributed by atoms with van der Waals surface area (Å²) in [6.45, 7) is 7.56. The summed E-state index contributed by atoms with van der Waals surface area (Å²) in [5.41, 5.74) is 2.82. The Morgan fingerprint density at radius 3 is 3.06 bits per heavy atom. The van der Waals surface area contributed by atoms with Gasteiger partial charge in [0.25, 0.3) is 0 Å². The van der Waals surface area contributed by atoms with Crippen LogP contribution in [0.4, 0.5) is 0 Å². The third-order valence-corrected chi connectivity index (χ3v) is 3.38. The predicted octanol–water partition coefficient (Wildman–Crippen LogP) is 1.66. The molecule has 3 heteroatoms. The molecule has 0 aromatic heterocycles. The van der Waals surface area contributed by atoms with Gasteiger partial charge in [-0.2, -0.15) is 0 Å². The SMILES string of the molecule is CCNCCN1CCc2cccc(OC)c2C1. The fourth-order valence-corrected chi connectivity index (χ4v) is 2.40. The van der Waals surface area contributed by atoms with Crippen LogP contribution in [0.15, 0.2) is 18.2 Å². The van der Waals surface area contributed by atoms with E-state index in [1.165, 1.54) is 11.1 Å². The van der Waals surface area contributed by atoms with Crippen LogP contribution in [0, 0.1) is 0 Å². The van der Waals surface area contributed by atoms with Crippen LogP contribution < -0.4 is 10.1 Å². The molecule has 1 aliphatic rings. The Morgan fingerprint density at radius 2 is 2.29 bits per heavy atom. The first kappa shape index (κ1) is 12.4. The van der Waals surface area contributed by atoms with E-state index in [1.54, 1.807) is 7.11 Å². The van der Waals surface area contributed by atoms with Crippen molar-refractivity contribution in [1.29, 1.82) is 0 Å². The maximum Gasteiger partial charge on any atom is 0.123 e. The molecule has 0 amide bonds. The second kappa shape index (κ2) is 6.03. The first-order chi connectivity index (χ1) is 8.35. The summed E-state index contributed by atoms with van der Waals surface area (Å²) < 4.78 is 5.44. The predicted molar refractivity (Wildman–Crippen MR) is 70.5 cm³/mol. The molecule has 0 spiro atoms. The van der Waals surface area contributed by atoms with E-state index in [0.717, 1.165) is 44.9 Å². The fraction of sp³-hybridized carbons (Fsp3) is 0.571. The lowest BCUT2D eigenvalue weighted by Crippen LogP contribution is -2.36. The van der Waals surface area contributed by atoms with Crippen molar-refractivity contribution >= 4 is 0 Å². The third-order valence-electron chi connectivity index (χ3n) is 3.38. The molecule has 17 heavy (non-hydrogen) atoms. The lowest BCUT2D eigenvalue weighted by Gasteiger charge is -2.29. The highest BCUT2D eigenvalue weighted by Gasteiger charge is 2.18. The minimum Gasteiger partial charge on any atom is -0.496 e. The molecular formula is C14H22N2O. The van der Waals surface area contributed by atoms with Crippen molar-refractivity contribution in [3.8, 4) is 5.75 Å². The summed E-state index contributed by atoms with van der Waals surface area (Å²) in [6, 6.07) is 6.37. The minimum absolute atomic E-state index is 1.02. The molecule has 0 saturated carbocycles. The average Bonchev–Trinajstić information content (AvgIpc) is 2.38. The largest absolute Gasteiger partial charge is 0.496 e. The third kappa shape index (κ3) is 2.99. The van der Waals surface area contributed by atoms with Crippen LogP contribution in [0.25, 0.3) is 0 Å². The lowest BCUT2D eigenvalue weighted by molar-refractivity contribution is 0.249. The van der Waals surface area contributed by atoms with Crippen molar-refractivity contribution in [3.05, 3.63) is 29.3 Å². The van der Waals surface area contributed by atoms with Gasteiger partial charge in [0, 0.05) is 31.7 Å². The molecule has 0 atom stereocenters. The molecule has 0 radical (unpaired) electrons. The van der Waals surface area contributed by atoms with Crippen LogP contribution in [0.2, 0.25) is 0 Å². The summed E-state index contributed by atoms with van der Waals surface area (Å²) in [5.74, 6) is 1.04. The first-order valence-electron chi connectivity index (χ1n) is 6.43. The number of likely N-dealkylation sites (N-methyl/N-ethyl adjacent to an activating group) is 1. The van der Waals surface area contributed by atoms with E-state index in [0.29, 0.717) is 0 Å². The van der Waals surface area contributed by atoms with Gasteiger partial charge in [-0.1, -0.05) is 19.1 Å². The van der Waals surface area contributed by atoms with E-state index in [9.17, 15) is 0 Å². The molecule has 1 heterocycles. The molecule has 1 aromatic rings. The van der Waals surface area contributed by atoms with Crippen LogP contribution in [0.5, 0.6) is 5.75 Å². The number of nitrogens with one attached hydrogen (secondary N) is 1. The maximum atomic E-state index is 5.44. The Morgan fingerprint density at radius 1 is 1.41 bits per heavy atom. The van der Waals surface area contributed by atoms with Gasteiger partial charge in [0.15, 0.2) is 0 Å². The van der Waals surface area contributed by atoms with Crippen molar-refractivity contribution in [1.82, 2.24) is 10.2 Å². The number of fused-ring (bicyclic) bond motifs is 1. The molecule has 0 aliphatic carbocycles. The Kier molecular flexibility index (Phi) is 4.40. The zero-order valence-electron chi connectivity index (χ0n) is 10.8. The van der Waals surface area contributed by atoms with Gasteiger partial charge in [-0.05, 0) is 24.6 Å². The highest BCUT2D eigenvalue weighted by Crippen LogP contribution is 2.27. The average molecular weight is 234 g/mol. The Balaban J connectivity index is 2.01. The maximum absolute atomic E-state index is 5.44. The number of ether oxygens (including phenoxy) is 1. The van der Waals surface area contributed by atoms with Gasteiger partial charge >= 0.3 is 0 Å².